The highest BCUT2D eigenvalue weighted by atomic mass is 14.2. The molecule has 0 nitrogen and oxygen atoms in total. The van der Waals surface area contributed by atoms with Crippen molar-refractivity contribution in [1.29, 1.82) is 0 Å². The molecule has 0 N–H and O–H groups in total. The molecule has 1 aromatic rings. The van der Waals surface area contributed by atoms with Crippen molar-refractivity contribution in [2.45, 2.75) is 38.5 Å². The lowest BCUT2D eigenvalue weighted by molar-refractivity contribution is 0.472. The van der Waals surface area contributed by atoms with Crippen LogP contribution in [0, 0.1) is 5.92 Å². The van der Waals surface area contributed by atoms with Gasteiger partial charge in [-0.2, -0.15) is 0 Å². The van der Waals surface area contributed by atoms with Gasteiger partial charge in [-0.05, 0) is 43.1 Å². The van der Waals surface area contributed by atoms with Crippen LogP contribution in [0.2, 0.25) is 0 Å². The van der Waals surface area contributed by atoms with Gasteiger partial charge in [-0.15, -0.1) is 0 Å². The third kappa shape index (κ3) is 2.12. The molecule has 0 spiro atoms. The van der Waals surface area contributed by atoms with E-state index < -0.39 is 0 Å². The molecule has 0 saturated heterocycles. The van der Waals surface area contributed by atoms with E-state index in [1.54, 1.807) is 5.92 Å². The van der Waals surface area contributed by atoms with Gasteiger partial charge in [-0.1, -0.05) is 37.3 Å². The van der Waals surface area contributed by atoms with Gasteiger partial charge >= 0.3 is 0 Å². The summed E-state index contributed by atoms with van der Waals surface area (Å²) in [6.07, 6.45) is 5.38. The lowest BCUT2D eigenvalue weighted by atomic mass is 9.79. The first kappa shape index (κ1) is 8.80. The zero-order valence-corrected chi connectivity index (χ0v) is 8.29. The molecular formula is C13H17. The highest BCUT2D eigenvalue weighted by Crippen LogP contribution is 2.36. The average Bonchev–Trinajstić information content (AvgIpc) is 2.20. The van der Waals surface area contributed by atoms with Crippen LogP contribution in [0.4, 0.5) is 0 Å². The Labute approximate surface area is 81.0 Å². The fraction of sp³-hybridized carbons (Fsp3) is 0.462. The molecule has 0 atom stereocenters. The zero-order chi connectivity index (χ0) is 9.10. The van der Waals surface area contributed by atoms with Crippen LogP contribution >= 0.6 is 0 Å². The minimum absolute atomic E-state index is 0.824. The fourth-order valence-corrected chi connectivity index (χ4v) is 2.17. The van der Waals surface area contributed by atoms with Crippen molar-refractivity contribution in [3.63, 3.8) is 0 Å². The van der Waals surface area contributed by atoms with E-state index in [2.05, 4.69) is 37.3 Å². The van der Waals surface area contributed by atoms with Crippen LogP contribution in [0.5, 0.6) is 0 Å². The summed E-state index contributed by atoms with van der Waals surface area (Å²) in [7, 11) is 0. The monoisotopic (exact) mass is 173 g/mol. The number of hydrogen-bond donors (Lipinski definition) is 0. The predicted molar refractivity (Wildman–Crippen MR) is 56.6 cm³/mol. The smallest absolute Gasteiger partial charge is 0.0162 e. The Balaban J connectivity index is 2.03. The Morgan fingerprint density at radius 1 is 1.00 bits per heavy atom. The van der Waals surface area contributed by atoms with Crippen LogP contribution in [-0.4, -0.2) is 0 Å². The third-order valence-corrected chi connectivity index (χ3v) is 3.11. The summed E-state index contributed by atoms with van der Waals surface area (Å²) >= 11 is 0. The van der Waals surface area contributed by atoms with Crippen molar-refractivity contribution in [2.75, 3.05) is 0 Å². The van der Waals surface area contributed by atoms with Gasteiger partial charge in [-0.25, -0.2) is 0 Å². The minimum Gasteiger partial charge on any atom is -0.0622 e. The number of rotatable bonds is 1. The molecule has 0 aliphatic heterocycles. The maximum atomic E-state index is 2.29. The summed E-state index contributed by atoms with van der Waals surface area (Å²) in [5.41, 5.74) is 1.54. The molecule has 0 bridgehead atoms. The Bertz CT molecular complexity index is 242. The van der Waals surface area contributed by atoms with Crippen molar-refractivity contribution in [3.05, 3.63) is 41.8 Å². The van der Waals surface area contributed by atoms with Crippen molar-refractivity contribution in [3.8, 4) is 0 Å². The summed E-state index contributed by atoms with van der Waals surface area (Å²) < 4.78 is 0. The molecule has 0 heterocycles. The van der Waals surface area contributed by atoms with Crippen LogP contribution in [-0.2, 0) is 0 Å². The normalized spacial score (nSPS) is 20.4. The molecule has 0 amide bonds. The van der Waals surface area contributed by atoms with Crippen molar-refractivity contribution in [2.24, 2.45) is 0 Å². The summed E-state index contributed by atoms with van der Waals surface area (Å²) in [4.78, 5) is 0. The van der Waals surface area contributed by atoms with E-state index in [1.165, 1.54) is 31.2 Å². The Kier molecular flexibility index (Phi) is 2.68. The van der Waals surface area contributed by atoms with E-state index in [4.69, 9.17) is 0 Å². The first-order chi connectivity index (χ1) is 6.36. The highest BCUT2D eigenvalue weighted by Gasteiger charge is 2.19. The second kappa shape index (κ2) is 3.95. The van der Waals surface area contributed by atoms with E-state index >= 15 is 0 Å². The standard InChI is InChI=1S/C13H17/c1-11-7-9-13(10-8-11)12-5-3-2-4-6-12/h2-6,13H,7-10H2,1H3. The van der Waals surface area contributed by atoms with E-state index in [-0.39, 0.29) is 0 Å². The largest absolute Gasteiger partial charge is 0.0622 e. The molecule has 1 aliphatic rings. The SMILES string of the molecule is C[C]1CCC(c2ccccc2)CC1. The van der Waals surface area contributed by atoms with Crippen LogP contribution in [0.3, 0.4) is 0 Å². The minimum atomic E-state index is 0.824. The van der Waals surface area contributed by atoms with E-state index in [1.807, 2.05) is 0 Å². The van der Waals surface area contributed by atoms with Crippen LogP contribution in [0.15, 0.2) is 30.3 Å². The fourth-order valence-electron chi connectivity index (χ4n) is 2.17. The second-order valence-electron chi connectivity index (χ2n) is 4.14. The lowest BCUT2D eigenvalue weighted by Crippen LogP contribution is -2.09. The zero-order valence-electron chi connectivity index (χ0n) is 8.29. The molecule has 1 radical (unpaired) electrons. The van der Waals surface area contributed by atoms with Gasteiger partial charge in [0, 0.05) is 0 Å². The molecule has 2 rings (SSSR count). The average molecular weight is 173 g/mol. The molecule has 0 heteroatoms. The molecule has 0 unspecified atom stereocenters. The lowest BCUT2D eigenvalue weighted by Gasteiger charge is -2.25. The van der Waals surface area contributed by atoms with Crippen molar-refractivity contribution >= 4 is 0 Å². The Hall–Kier alpha value is -0.780. The quantitative estimate of drug-likeness (QED) is 0.603. The molecule has 0 aromatic heterocycles. The number of benzene rings is 1. The molecular weight excluding hydrogens is 156 g/mol. The molecule has 1 saturated carbocycles. The third-order valence-electron chi connectivity index (χ3n) is 3.11. The molecule has 13 heavy (non-hydrogen) atoms. The number of hydrogen-bond acceptors (Lipinski definition) is 0. The Morgan fingerprint density at radius 2 is 1.62 bits per heavy atom. The first-order valence-corrected chi connectivity index (χ1v) is 5.22. The molecule has 1 aliphatic carbocycles. The van der Waals surface area contributed by atoms with E-state index in [0.717, 1.165) is 5.92 Å². The second-order valence-corrected chi connectivity index (χ2v) is 4.14. The topological polar surface area (TPSA) is 0 Å². The van der Waals surface area contributed by atoms with Crippen molar-refractivity contribution in [1.82, 2.24) is 0 Å². The Morgan fingerprint density at radius 3 is 2.23 bits per heavy atom. The maximum Gasteiger partial charge on any atom is -0.0162 e. The van der Waals surface area contributed by atoms with Gasteiger partial charge in [0.2, 0.25) is 0 Å². The summed E-state index contributed by atoms with van der Waals surface area (Å²) in [6.45, 7) is 2.29. The summed E-state index contributed by atoms with van der Waals surface area (Å²) in [5.74, 6) is 2.51. The maximum absolute atomic E-state index is 2.29. The summed E-state index contributed by atoms with van der Waals surface area (Å²) in [6, 6.07) is 10.9. The van der Waals surface area contributed by atoms with Crippen LogP contribution < -0.4 is 0 Å². The van der Waals surface area contributed by atoms with Gasteiger partial charge in [-0.3, -0.25) is 0 Å². The van der Waals surface area contributed by atoms with Crippen LogP contribution in [0.25, 0.3) is 0 Å². The van der Waals surface area contributed by atoms with Crippen LogP contribution in [0.1, 0.15) is 44.1 Å². The van der Waals surface area contributed by atoms with Gasteiger partial charge in [0.25, 0.3) is 0 Å². The van der Waals surface area contributed by atoms with Gasteiger partial charge in [0.05, 0.1) is 0 Å². The molecule has 1 fully saturated rings. The summed E-state index contributed by atoms with van der Waals surface area (Å²) in [5, 5.41) is 0. The van der Waals surface area contributed by atoms with E-state index in [9.17, 15) is 0 Å². The van der Waals surface area contributed by atoms with Crippen molar-refractivity contribution < 1.29 is 0 Å². The first-order valence-electron chi connectivity index (χ1n) is 5.22. The van der Waals surface area contributed by atoms with Gasteiger partial charge < -0.3 is 0 Å². The van der Waals surface area contributed by atoms with Gasteiger partial charge in [0.15, 0.2) is 0 Å². The molecule has 69 valence electrons. The highest BCUT2D eigenvalue weighted by molar-refractivity contribution is 5.20. The van der Waals surface area contributed by atoms with E-state index in [0.29, 0.717) is 0 Å². The van der Waals surface area contributed by atoms with Gasteiger partial charge in [0.1, 0.15) is 0 Å². The predicted octanol–water partition coefficient (Wildman–Crippen LogP) is 3.94. The molecule has 1 aromatic carbocycles.